The van der Waals surface area contributed by atoms with Gasteiger partial charge in [-0.2, -0.15) is 0 Å². The van der Waals surface area contributed by atoms with Gasteiger partial charge in [-0.1, -0.05) is 6.07 Å². The van der Waals surface area contributed by atoms with Crippen LogP contribution in [0.15, 0.2) is 24.3 Å². The lowest BCUT2D eigenvalue weighted by atomic mass is 10.1. The number of hydrogen-bond acceptors (Lipinski definition) is 4. The van der Waals surface area contributed by atoms with E-state index in [9.17, 15) is 9.59 Å². The Morgan fingerprint density at radius 3 is 2.68 bits per heavy atom. The maximum Gasteiger partial charge on any atom is 0.319 e. The first-order valence-corrected chi connectivity index (χ1v) is 8.65. The minimum absolute atomic E-state index is 0.0355. The highest BCUT2D eigenvalue weighted by molar-refractivity contribution is 5.97. The second kappa shape index (κ2) is 9.39. The molecule has 1 aromatic rings. The van der Waals surface area contributed by atoms with Crippen molar-refractivity contribution < 1.29 is 14.3 Å². The van der Waals surface area contributed by atoms with Crippen LogP contribution in [-0.4, -0.2) is 74.7 Å². The number of morpholine rings is 1. The van der Waals surface area contributed by atoms with Crippen molar-refractivity contribution in [1.29, 1.82) is 0 Å². The Balaban J connectivity index is 1.89. The number of hydrogen-bond donors (Lipinski definition) is 2. The second-order valence-electron chi connectivity index (χ2n) is 6.58. The summed E-state index contributed by atoms with van der Waals surface area (Å²) in [5.74, 6) is -0.0355. The van der Waals surface area contributed by atoms with Crippen molar-refractivity contribution in [2.24, 2.45) is 0 Å². The molecule has 7 nitrogen and oxygen atoms in total. The molecule has 3 amide bonds. The lowest BCUT2D eigenvalue weighted by Crippen LogP contribution is -2.40. The van der Waals surface area contributed by atoms with E-state index in [1.807, 2.05) is 21.0 Å². The molecular formula is C18H28N4O3. The lowest BCUT2D eigenvalue weighted by molar-refractivity contribution is 0.0303. The number of amides is 3. The van der Waals surface area contributed by atoms with Crippen molar-refractivity contribution in [2.45, 2.75) is 19.4 Å². The molecule has 0 bridgehead atoms. The molecule has 7 heteroatoms. The maximum atomic E-state index is 12.5. The van der Waals surface area contributed by atoms with Gasteiger partial charge in [0.15, 0.2) is 0 Å². The molecule has 25 heavy (non-hydrogen) atoms. The third-order valence-corrected chi connectivity index (χ3v) is 4.05. The standard InChI is InChI=1S/C18H28N4O3/c1-14(7-8-21(2)3)19-18(24)20-16-6-4-5-15(13-16)17(23)22-9-11-25-12-10-22/h4-6,13-14H,7-12H2,1-3H3,(H2,19,20,24). The van der Waals surface area contributed by atoms with Crippen molar-refractivity contribution >= 4 is 17.6 Å². The summed E-state index contributed by atoms with van der Waals surface area (Å²) >= 11 is 0. The molecule has 1 fully saturated rings. The summed E-state index contributed by atoms with van der Waals surface area (Å²) in [6, 6.07) is 6.84. The fraction of sp³-hybridized carbons (Fsp3) is 0.556. The van der Waals surface area contributed by atoms with Crippen molar-refractivity contribution in [3.05, 3.63) is 29.8 Å². The van der Waals surface area contributed by atoms with Gasteiger partial charge in [0.2, 0.25) is 0 Å². The fourth-order valence-corrected chi connectivity index (χ4v) is 2.59. The van der Waals surface area contributed by atoms with Crippen LogP contribution in [0.3, 0.4) is 0 Å². The Morgan fingerprint density at radius 2 is 2.00 bits per heavy atom. The highest BCUT2D eigenvalue weighted by Crippen LogP contribution is 2.14. The molecule has 0 spiro atoms. The average molecular weight is 348 g/mol. The van der Waals surface area contributed by atoms with Gasteiger partial charge in [-0.05, 0) is 52.2 Å². The SMILES string of the molecule is CC(CCN(C)C)NC(=O)Nc1cccc(C(=O)N2CCOCC2)c1. The Kier molecular flexibility index (Phi) is 7.21. The maximum absolute atomic E-state index is 12.5. The minimum atomic E-state index is -0.262. The zero-order chi connectivity index (χ0) is 18.2. The van der Waals surface area contributed by atoms with Crippen molar-refractivity contribution in [2.75, 3.05) is 52.3 Å². The van der Waals surface area contributed by atoms with Crippen molar-refractivity contribution in [3.8, 4) is 0 Å². The highest BCUT2D eigenvalue weighted by atomic mass is 16.5. The molecule has 1 unspecified atom stereocenters. The van der Waals surface area contributed by atoms with Gasteiger partial charge in [0.05, 0.1) is 13.2 Å². The molecule has 1 aliphatic heterocycles. The number of carbonyl (C=O) groups excluding carboxylic acids is 2. The van der Waals surface area contributed by atoms with Crippen LogP contribution in [0.4, 0.5) is 10.5 Å². The molecule has 0 saturated carbocycles. The molecule has 138 valence electrons. The number of nitrogens with one attached hydrogen (secondary N) is 2. The third kappa shape index (κ3) is 6.36. The Hall–Kier alpha value is -2.12. The minimum Gasteiger partial charge on any atom is -0.378 e. The quantitative estimate of drug-likeness (QED) is 0.819. The molecule has 1 saturated heterocycles. The number of rotatable bonds is 6. The summed E-state index contributed by atoms with van der Waals surface area (Å²) in [6.45, 7) is 5.21. The van der Waals surface area contributed by atoms with E-state index >= 15 is 0 Å². The predicted molar refractivity (Wildman–Crippen MR) is 98.0 cm³/mol. The van der Waals surface area contributed by atoms with Crippen LogP contribution in [0, 0.1) is 0 Å². The number of anilines is 1. The zero-order valence-corrected chi connectivity index (χ0v) is 15.2. The number of nitrogens with zero attached hydrogens (tertiary/aromatic N) is 2. The van der Waals surface area contributed by atoms with Crippen LogP contribution in [0.2, 0.25) is 0 Å². The molecule has 0 aliphatic carbocycles. The number of urea groups is 1. The van der Waals surface area contributed by atoms with E-state index in [0.717, 1.165) is 13.0 Å². The Morgan fingerprint density at radius 1 is 1.28 bits per heavy atom. The van der Waals surface area contributed by atoms with Crippen LogP contribution in [0.1, 0.15) is 23.7 Å². The van der Waals surface area contributed by atoms with Crippen molar-refractivity contribution in [3.63, 3.8) is 0 Å². The number of benzene rings is 1. The van der Waals surface area contributed by atoms with Gasteiger partial charge >= 0.3 is 6.03 Å². The second-order valence-corrected chi connectivity index (χ2v) is 6.58. The van der Waals surface area contributed by atoms with E-state index in [1.54, 1.807) is 29.2 Å². The first-order valence-electron chi connectivity index (χ1n) is 8.65. The molecular weight excluding hydrogens is 320 g/mol. The van der Waals surface area contributed by atoms with Crippen LogP contribution in [0.25, 0.3) is 0 Å². The van der Waals surface area contributed by atoms with Gasteiger partial charge in [0.25, 0.3) is 5.91 Å². The molecule has 1 atom stereocenters. The van der Waals surface area contributed by atoms with Crippen LogP contribution >= 0.6 is 0 Å². The van der Waals surface area contributed by atoms with Gasteiger partial charge in [0.1, 0.15) is 0 Å². The molecule has 2 N–H and O–H groups in total. The summed E-state index contributed by atoms with van der Waals surface area (Å²) in [5, 5.41) is 5.71. The van der Waals surface area contributed by atoms with Gasteiger partial charge in [-0.3, -0.25) is 4.79 Å². The molecule has 0 aromatic heterocycles. The van der Waals surface area contributed by atoms with Crippen LogP contribution in [-0.2, 0) is 4.74 Å². The van der Waals surface area contributed by atoms with Crippen LogP contribution < -0.4 is 10.6 Å². The van der Waals surface area contributed by atoms with E-state index in [0.29, 0.717) is 37.6 Å². The first kappa shape index (κ1) is 19.2. The third-order valence-electron chi connectivity index (χ3n) is 4.05. The van der Waals surface area contributed by atoms with E-state index in [-0.39, 0.29) is 18.0 Å². The molecule has 1 aromatic carbocycles. The number of carbonyl (C=O) groups is 2. The largest absolute Gasteiger partial charge is 0.378 e. The summed E-state index contributed by atoms with van der Waals surface area (Å²) in [7, 11) is 4.01. The van der Waals surface area contributed by atoms with Gasteiger partial charge in [-0.25, -0.2) is 4.79 Å². The van der Waals surface area contributed by atoms with E-state index in [1.165, 1.54) is 0 Å². The zero-order valence-electron chi connectivity index (χ0n) is 15.2. The van der Waals surface area contributed by atoms with E-state index in [2.05, 4.69) is 15.5 Å². The van der Waals surface area contributed by atoms with Crippen LogP contribution in [0.5, 0.6) is 0 Å². The normalized spacial score (nSPS) is 15.8. The Bertz CT molecular complexity index is 585. The van der Waals surface area contributed by atoms with Gasteiger partial charge < -0.3 is 25.2 Å². The smallest absolute Gasteiger partial charge is 0.319 e. The predicted octanol–water partition coefficient (Wildman–Crippen LogP) is 1.62. The topological polar surface area (TPSA) is 73.9 Å². The molecule has 2 rings (SSSR count). The number of ether oxygens (including phenoxy) is 1. The fourth-order valence-electron chi connectivity index (χ4n) is 2.59. The highest BCUT2D eigenvalue weighted by Gasteiger charge is 2.18. The molecule has 1 aliphatic rings. The monoisotopic (exact) mass is 348 g/mol. The summed E-state index contributed by atoms with van der Waals surface area (Å²) in [5.41, 5.74) is 1.18. The van der Waals surface area contributed by atoms with E-state index in [4.69, 9.17) is 4.74 Å². The summed E-state index contributed by atoms with van der Waals surface area (Å²) < 4.78 is 5.27. The lowest BCUT2D eigenvalue weighted by Gasteiger charge is -2.27. The first-order chi connectivity index (χ1) is 12.0. The average Bonchev–Trinajstić information content (AvgIpc) is 2.60. The van der Waals surface area contributed by atoms with Crippen molar-refractivity contribution in [1.82, 2.24) is 15.1 Å². The molecule has 0 radical (unpaired) electrons. The molecule has 1 heterocycles. The summed E-state index contributed by atoms with van der Waals surface area (Å²) in [4.78, 5) is 28.5. The summed E-state index contributed by atoms with van der Waals surface area (Å²) in [6.07, 6.45) is 0.871. The van der Waals surface area contributed by atoms with E-state index < -0.39 is 0 Å². The Labute approximate surface area is 149 Å². The van der Waals surface area contributed by atoms with Gasteiger partial charge in [-0.15, -0.1) is 0 Å². The van der Waals surface area contributed by atoms with Gasteiger partial charge in [0, 0.05) is 30.4 Å².